The zero-order valence-corrected chi connectivity index (χ0v) is 9.10. The van der Waals surface area contributed by atoms with Gasteiger partial charge < -0.3 is 4.74 Å². The average molecular weight is 242 g/mol. The fraction of sp³-hybridized carbons (Fsp3) is 0.375. The van der Waals surface area contributed by atoms with E-state index in [1.165, 1.54) is 6.08 Å². The number of amides is 1. The maximum absolute atomic E-state index is 11.1. The highest BCUT2D eigenvalue weighted by molar-refractivity contribution is 6.36. The van der Waals surface area contributed by atoms with Gasteiger partial charge in [0.05, 0.1) is 11.6 Å². The lowest BCUT2D eigenvalue weighted by atomic mass is 10.2. The van der Waals surface area contributed by atoms with E-state index in [0.29, 0.717) is 10.9 Å². The first-order chi connectivity index (χ1) is 7.70. The summed E-state index contributed by atoms with van der Waals surface area (Å²) in [5, 5.41) is 13.7. The van der Waals surface area contributed by atoms with Crippen LogP contribution in [-0.2, 0) is 4.74 Å². The van der Waals surface area contributed by atoms with E-state index in [9.17, 15) is 4.79 Å². The van der Waals surface area contributed by atoms with E-state index in [2.05, 4.69) is 25.7 Å². The van der Waals surface area contributed by atoms with E-state index < -0.39 is 12.1 Å². The van der Waals surface area contributed by atoms with Gasteiger partial charge in [0.2, 0.25) is 0 Å². The van der Waals surface area contributed by atoms with Gasteiger partial charge in [0.25, 0.3) is 0 Å². The number of fused-ring (bicyclic) bond motifs is 1. The molecule has 0 fully saturated rings. The molecule has 0 bridgehead atoms. The minimum atomic E-state index is -0.590. The van der Waals surface area contributed by atoms with Gasteiger partial charge in [-0.25, -0.2) is 9.79 Å². The van der Waals surface area contributed by atoms with Crippen LogP contribution in [0.15, 0.2) is 31.5 Å². The number of carbonyl (C=O) groups is 1. The molecule has 2 rings (SSSR count). The fourth-order valence-electron chi connectivity index (χ4n) is 1.19. The number of dihydropyridines is 1. The molecule has 16 heavy (non-hydrogen) atoms. The van der Waals surface area contributed by atoms with Crippen molar-refractivity contribution in [3.63, 3.8) is 0 Å². The Bertz CT molecular complexity index is 440. The van der Waals surface area contributed by atoms with E-state index in [-0.39, 0.29) is 12.4 Å². The Morgan fingerprint density at radius 1 is 1.69 bits per heavy atom. The minimum Gasteiger partial charge on any atom is -0.450 e. The minimum absolute atomic E-state index is 0.269. The van der Waals surface area contributed by atoms with Crippen LogP contribution in [0.25, 0.3) is 0 Å². The average Bonchev–Trinajstić information content (AvgIpc) is 2.66. The lowest BCUT2D eigenvalue weighted by Gasteiger charge is -2.13. The number of hydrogen-bond donors (Lipinski definition) is 1. The molecule has 7 nitrogen and oxygen atoms in total. The van der Waals surface area contributed by atoms with Gasteiger partial charge in [-0.1, -0.05) is 11.6 Å². The van der Waals surface area contributed by atoms with Crippen LogP contribution in [0.5, 0.6) is 0 Å². The van der Waals surface area contributed by atoms with Crippen molar-refractivity contribution in [2.75, 3.05) is 6.61 Å². The van der Waals surface area contributed by atoms with Crippen molar-refractivity contribution in [3.8, 4) is 0 Å². The topological polar surface area (TPSA) is 87.8 Å². The number of amidine groups is 2. The largest absolute Gasteiger partial charge is 0.450 e. The maximum atomic E-state index is 11.1. The third-order valence-electron chi connectivity index (χ3n) is 1.84. The predicted molar refractivity (Wildman–Crippen MR) is 57.6 cm³/mol. The highest BCUT2D eigenvalue weighted by Crippen LogP contribution is 2.22. The van der Waals surface area contributed by atoms with Crippen molar-refractivity contribution < 1.29 is 9.53 Å². The van der Waals surface area contributed by atoms with Crippen molar-refractivity contribution in [1.29, 1.82) is 0 Å². The molecule has 2 aliphatic heterocycles. The van der Waals surface area contributed by atoms with Crippen LogP contribution in [0.3, 0.4) is 0 Å². The molecule has 0 aromatic carbocycles. The zero-order valence-electron chi connectivity index (χ0n) is 8.35. The third-order valence-corrected chi connectivity index (χ3v) is 2.15. The normalized spacial score (nSPS) is 21.9. The smallest absolute Gasteiger partial charge is 0.412 e. The van der Waals surface area contributed by atoms with Crippen molar-refractivity contribution >= 4 is 29.4 Å². The molecular weight excluding hydrogens is 234 g/mol. The second-order valence-electron chi connectivity index (χ2n) is 2.94. The first kappa shape index (κ1) is 10.7. The zero-order chi connectivity index (χ0) is 11.5. The number of alkyl carbamates (subject to hydrolysis) is 1. The van der Waals surface area contributed by atoms with Crippen molar-refractivity contribution in [2.24, 2.45) is 20.4 Å². The van der Waals surface area contributed by atoms with Crippen LogP contribution < -0.4 is 5.32 Å². The molecule has 0 spiro atoms. The van der Waals surface area contributed by atoms with Gasteiger partial charge in [-0.05, 0) is 18.2 Å². The Kier molecular flexibility index (Phi) is 2.95. The number of halogens is 1. The van der Waals surface area contributed by atoms with Crippen LogP contribution in [0.4, 0.5) is 4.79 Å². The van der Waals surface area contributed by atoms with Crippen LogP contribution in [0, 0.1) is 0 Å². The second-order valence-corrected chi connectivity index (χ2v) is 3.37. The Balaban J connectivity index is 2.10. The molecule has 0 aromatic rings. The van der Waals surface area contributed by atoms with Crippen molar-refractivity contribution in [3.05, 3.63) is 11.1 Å². The van der Waals surface area contributed by atoms with Crippen molar-refractivity contribution in [1.82, 2.24) is 5.32 Å². The molecule has 2 heterocycles. The molecule has 1 atom stereocenters. The molecule has 84 valence electrons. The standard InChI is InChI=1S/C8H8ClN5O2/c1-2-16-8(15)11-5-3-4(9)6-7(10-5)13-14-12-6/h3,6H,2H2,1H3,(H,10,11,12,13,15). The van der Waals surface area contributed by atoms with Crippen LogP contribution in [0.1, 0.15) is 6.92 Å². The Hall–Kier alpha value is -1.76. The first-order valence-electron chi connectivity index (χ1n) is 4.58. The number of ether oxygens (including phenoxy) is 1. The fourth-order valence-corrected chi connectivity index (χ4v) is 1.44. The maximum Gasteiger partial charge on any atom is 0.412 e. The summed E-state index contributed by atoms with van der Waals surface area (Å²) in [5.74, 6) is 0.630. The van der Waals surface area contributed by atoms with E-state index in [1.54, 1.807) is 6.92 Å². The number of aliphatic imine (C=N–C) groups is 1. The van der Waals surface area contributed by atoms with Crippen LogP contribution >= 0.6 is 11.6 Å². The van der Waals surface area contributed by atoms with E-state index in [1.807, 2.05) is 0 Å². The summed E-state index contributed by atoms with van der Waals surface area (Å²) in [6, 6.07) is -0.436. The second kappa shape index (κ2) is 4.40. The Morgan fingerprint density at radius 2 is 2.50 bits per heavy atom. The highest BCUT2D eigenvalue weighted by Gasteiger charge is 2.28. The Morgan fingerprint density at radius 3 is 3.25 bits per heavy atom. The molecule has 0 saturated heterocycles. The van der Waals surface area contributed by atoms with Gasteiger partial charge in [-0.15, -0.1) is 5.10 Å². The van der Waals surface area contributed by atoms with Gasteiger partial charge in [-0.3, -0.25) is 5.32 Å². The number of hydrogen-bond acceptors (Lipinski definition) is 6. The number of nitrogens with one attached hydrogen (secondary N) is 1. The molecular formula is C8H8ClN5O2. The first-order valence-corrected chi connectivity index (χ1v) is 4.95. The molecule has 0 aliphatic carbocycles. The number of nitrogens with zero attached hydrogens (tertiary/aromatic N) is 4. The predicted octanol–water partition coefficient (Wildman–Crippen LogP) is 1.42. The molecule has 0 aromatic heterocycles. The van der Waals surface area contributed by atoms with Crippen LogP contribution in [-0.4, -0.2) is 30.4 Å². The summed E-state index contributed by atoms with van der Waals surface area (Å²) in [6.07, 6.45) is 0.903. The summed E-state index contributed by atoms with van der Waals surface area (Å²) in [7, 11) is 0. The highest BCUT2D eigenvalue weighted by atomic mass is 35.5. The third kappa shape index (κ3) is 2.08. The van der Waals surface area contributed by atoms with Gasteiger partial charge in [0.1, 0.15) is 5.84 Å². The van der Waals surface area contributed by atoms with Crippen molar-refractivity contribution in [2.45, 2.75) is 13.0 Å². The molecule has 1 amide bonds. The number of rotatable bonds is 1. The summed E-state index contributed by atoms with van der Waals surface area (Å²) < 4.78 is 4.70. The van der Waals surface area contributed by atoms with Gasteiger partial charge in [0.15, 0.2) is 11.9 Å². The summed E-state index contributed by atoms with van der Waals surface area (Å²) in [4.78, 5) is 15.2. The lowest BCUT2D eigenvalue weighted by molar-refractivity contribution is 0.158. The molecule has 0 saturated carbocycles. The summed E-state index contributed by atoms with van der Waals surface area (Å²) in [6.45, 7) is 1.99. The SMILES string of the molecule is CCOC(=O)NC1=NC2=NN=NC2C(Cl)=C1. The molecule has 2 aliphatic rings. The van der Waals surface area contributed by atoms with Crippen LogP contribution in [0.2, 0.25) is 0 Å². The molecule has 8 heteroatoms. The molecule has 1 N–H and O–H groups in total. The quantitative estimate of drug-likeness (QED) is 0.752. The van der Waals surface area contributed by atoms with E-state index in [0.717, 1.165) is 0 Å². The van der Waals surface area contributed by atoms with E-state index in [4.69, 9.17) is 16.3 Å². The van der Waals surface area contributed by atoms with E-state index >= 15 is 0 Å². The monoisotopic (exact) mass is 241 g/mol. The summed E-state index contributed by atoms with van der Waals surface area (Å²) >= 11 is 5.93. The Labute approximate surface area is 95.9 Å². The summed E-state index contributed by atoms with van der Waals surface area (Å²) in [5.41, 5.74) is 0. The molecule has 0 radical (unpaired) electrons. The van der Waals surface area contributed by atoms with Gasteiger partial charge >= 0.3 is 6.09 Å². The lowest BCUT2D eigenvalue weighted by Crippen LogP contribution is -2.34. The molecule has 1 unspecified atom stereocenters. The van der Waals surface area contributed by atoms with Gasteiger partial charge in [-0.2, -0.15) is 5.11 Å². The van der Waals surface area contributed by atoms with Gasteiger partial charge in [0, 0.05) is 0 Å². The number of carbonyl (C=O) groups excluding carboxylic acids is 1.